The van der Waals surface area contributed by atoms with Gasteiger partial charge in [0.05, 0.1) is 0 Å². The van der Waals surface area contributed by atoms with Crippen LogP contribution in [0, 0.1) is 0 Å². The van der Waals surface area contributed by atoms with E-state index in [0.717, 1.165) is 32.5 Å². The van der Waals surface area contributed by atoms with Crippen LogP contribution in [0.25, 0.3) is 0 Å². The van der Waals surface area contributed by atoms with Gasteiger partial charge in [-0.25, -0.2) is 4.79 Å². The van der Waals surface area contributed by atoms with Gasteiger partial charge in [-0.3, -0.25) is 0 Å². The molecule has 0 aliphatic carbocycles. The first-order chi connectivity index (χ1) is 6.75. The second-order valence-electron chi connectivity index (χ2n) is 4.11. The van der Waals surface area contributed by atoms with Crippen LogP contribution in [0.4, 0.5) is 4.79 Å². The number of urea groups is 1. The van der Waals surface area contributed by atoms with E-state index in [4.69, 9.17) is 0 Å². The van der Waals surface area contributed by atoms with E-state index in [9.17, 15) is 4.79 Å². The second kappa shape index (κ2) is 5.89. The highest BCUT2D eigenvalue weighted by atomic mass is 16.2. The third-order valence-electron chi connectivity index (χ3n) is 2.80. The molecule has 1 heterocycles. The molecule has 1 aliphatic heterocycles. The van der Waals surface area contributed by atoms with Crippen LogP contribution < -0.4 is 0 Å². The summed E-state index contributed by atoms with van der Waals surface area (Å²) < 4.78 is 0. The Labute approximate surface area is 87.1 Å². The molecule has 0 aromatic carbocycles. The molecular formula is C11H22N2O. The summed E-state index contributed by atoms with van der Waals surface area (Å²) in [7, 11) is 1.91. The predicted octanol–water partition coefficient (Wildman–Crippen LogP) is 2.32. The van der Waals surface area contributed by atoms with Gasteiger partial charge in [-0.05, 0) is 25.7 Å². The van der Waals surface area contributed by atoms with Gasteiger partial charge in [-0.1, -0.05) is 13.3 Å². The molecule has 0 atom stereocenters. The highest BCUT2D eigenvalue weighted by molar-refractivity contribution is 5.74. The van der Waals surface area contributed by atoms with E-state index in [1.807, 2.05) is 16.8 Å². The van der Waals surface area contributed by atoms with Gasteiger partial charge in [0.1, 0.15) is 0 Å². The minimum absolute atomic E-state index is 0.221. The number of rotatable bonds is 3. The maximum absolute atomic E-state index is 11.9. The summed E-state index contributed by atoms with van der Waals surface area (Å²) in [5.41, 5.74) is 0. The molecule has 14 heavy (non-hydrogen) atoms. The molecule has 0 aromatic rings. The Bertz CT molecular complexity index is 176. The number of hydrogen-bond donors (Lipinski definition) is 0. The lowest BCUT2D eigenvalue weighted by atomic mass is 10.1. The van der Waals surface area contributed by atoms with Crippen LogP contribution in [0.3, 0.4) is 0 Å². The first-order valence-electron chi connectivity index (χ1n) is 5.75. The van der Waals surface area contributed by atoms with Crippen molar-refractivity contribution in [1.82, 2.24) is 9.80 Å². The molecule has 3 heteroatoms. The van der Waals surface area contributed by atoms with E-state index >= 15 is 0 Å². The highest BCUT2D eigenvalue weighted by Gasteiger charge is 2.19. The number of carbonyl (C=O) groups excluding carboxylic acids is 1. The summed E-state index contributed by atoms with van der Waals surface area (Å²) in [6, 6.07) is 0.221. The smallest absolute Gasteiger partial charge is 0.319 e. The first-order valence-corrected chi connectivity index (χ1v) is 5.75. The van der Waals surface area contributed by atoms with Gasteiger partial charge in [-0.15, -0.1) is 0 Å². The SMILES string of the molecule is CCCCN(C)C(=O)N1CCCCC1. The molecule has 0 spiro atoms. The van der Waals surface area contributed by atoms with Gasteiger partial charge < -0.3 is 9.80 Å². The number of amides is 2. The second-order valence-corrected chi connectivity index (χ2v) is 4.11. The van der Waals surface area contributed by atoms with E-state index in [-0.39, 0.29) is 6.03 Å². The maximum atomic E-state index is 11.9. The summed E-state index contributed by atoms with van der Waals surface area (Å²) in [4.78, 5) is 15.7. The van der Waals surface area contributed by atoms with E-state index in [1.165, 1.54) is 19.3 Å². The summed E-state index contributed by atoms with van der Waals surface area (Å²) in [5.74, 6) is 0. The molecule has 1 fully saturated rings. The highest BCUT2D eigenvalue weighted by Crippen LogP contribution is 2.10. The van der Waals surface area contributed by atoms with Crippen molar-refractivity contribution in [2.45, 2.75) is 39.0 Å². The number of likely N-dealkylation sites (tertiary alicyclic amines) is 1. The third-order valence-corrected chi connectivity index (χ3v) is 2.80. The van der Waals surface area contributed by atoms with Crippen molar-refractivity contribution in [1.29, 1.82) is 0 Å². The number of piperidine rings is 1. The Hall–Kier alpha value is -0.730. The Morgan fingerprint density at radius 1 is 1.29 bits per heavy atom. The zero-order valence-electron chi connectivity index (χ0n) is 9.46. The van der Waals surface area contributed by atoms with Gasteiger partial charge in [0.2, 0.25) is 0 Å². The fraction of sp³-hybridized carbons (Fsp3) is 0.909. The zero-order valence-corrected chi connectivity index (χ0v) is 9.46. The van der Waals surface area contributed by atoms with Crippen molar-refractivity contribution in [2.24, 2.45) is 0 Å². The molecule has 0 aromatic heterocycles. The number of hydrogen-bond acceptors (Lipinski definition) is 1. The van der Waals surface area contributed by atoms with Crippen LogP contribution in [-0.4, -0.2) is 42.5 Å². The lowest BCUT2D eigenvalue weighted by Gasteiger charge is -2.31. The van der Waals surface area contributed by atoms with E-state index in [0.29, 0.717) is 0 Å². The minimum atomic E-state index is 0.221. The molecule has 0 radical (unpaired) electrons. The predicted molar refractivity (Wildman–Crippen MR) is 58.4 cm³/mol. The van der Waals surface area contributed by atoms with Crippen LogP contribution in [-0.2, 0) is 0 Å². The van der Waals surface area contributed by atoms with E-state index in [1.54, 1.807) is 0 Å². The van der Waals surface area contributed by atoms with Gasteiger partial charge in [0.25, 0.3) is 0 Å². The van der Waals surface area contributed by atoms with Crippen LogP contribution in [0.1, 0.15) is 39.0 Å². The number of unbranched alkanes of at least 4 members (excludes halogenated alkanes) is 1. The normalized spacial score (nSPS) is 16.9. The molecule has 0 unspecified atom stereocenters. The fourth-order valence-electron chi connectivity index (χ4n) is 1.82. The topological polar surface area (TPSA) is 23.6 Å². The standard InChI is InChI=1S/C11H22N2O/c1-3-4-8-12(2)11(14)13-9-6-5-7-10-13/h3-10H2,1-2H3. The van der Waals surface area contributed by atoms with Crippen molar-refractivity contribution in [3.8, 4) is 0 Å². The molecule has 1 rings (SSSR count). The van der Waals surface area contributed by atoms with Crippen molar-refractivity contribution < 1.29 is 4.79 Å². The zero-order chi connectivity index (χ0) is 10.4. The fourth-order valence-corrected chi connectivity index (χ4v) is 1.82. The van der Waals surface area contributed by atoms with Crippen molar-refractivity contribution in [3.05, 3.63) is 0 Å². The summed E-state index contributed by atoms with van der Waals surface area (Å²) in [6.45, 7) is 4.95. The Morgan fingerprint density at radius 3 is 2.50 bits per heavy atom. The van der Waals surface area contributed by atoms with Crippen LogP contribution in [0.5, 0.6) is 0 Å². The number of nitrogens with zero attached hydrogens (tertiary/aromatic N) is 2. The Balaban J connectivity index is 2.30. The Morgan fingerprint density at radius 2 is 1.93 bits per heavy atom. The molecule has 0 N–H and O–H groups in total. The average Bonchev–Trinajstić information content (AvgIpc) is 2.26. The van der Waals surface area contributed by atoms with Crippen molar-refractivity contribution >= 4 is 6.03 Å². The van der Waals surface area contributed by atoms with Crippen LogP contribution in [0.2, 0.25) is 0 Å². The molecule has 1 saturated heterocycles. The van der Waals surface area contributed by atoms with Crippen molar-refractivity contribution in [3.63, 3.8) is 0 Å². The maximum Gasteiger partial charge on any atom is 0.319 e. The quantitative estimate of drug-likeness (QED) is 0.682. The molecule has 82 valence electrons. The van der Waals surface area contributed by atoms with E-state index in [2.05, 4.69) is 6.92 Å². The lowest BCUT2D eigenvalue weighted by molar-refractivity contribution is 0.152. The van der Waals surface area contributed by atoms with Crippen LogP contribution in [0.15, 0.2) is 0 Å². The van der Waals surface area contributed by atoms with Gasteiger partial charge in [0.15, 0.2) is 0 Å². The average molecular weight is 198 g/mol. The van der Waals surface area contributed by atoms with Gasteiger partial charge in [0, 0.05) is 26.7 Å². The Kier molecular flexibility index (Phi) is 4.77. The largest absolute Gasteiger partial charge is 0.328 e. The first kappa shape index (κ1) is 11.3. The lowest BCUT2D eigenvalue weighted by Crippen LogP contribution is -2.44. The number of carbonyl (C=O) groups is 1. The van der Waals surface area contributed by atoms with Crippen molar-refractivity contribution in [2.75, 3.05) is 26.7 Å². The van der Waals surface area contributed by atoms with E-state index < -0.39 is 0 Å². The van der Waals surface area contributed by atoms with Gasteiger partial charge in [-0.2, -0.15) is 0 Å². The third kappa shape index (κ3) is 3.20. The molecule has 2 amide bonds. The molecule has 3 nitrogen and oxygen atoms in total. The summed E-state index contributed by atoms with van der Waals surface area (Å²) in [6.07, 6.45) is 5.89. The minimum Gasteiger partial charge on any atom is -0.328 e. The molecule has 1 aliphatic rings. The molecular weight excluding hydrogens is 176 g/mol. The molecule has 0 saturated carbocycles. The summed E-state index contributed by atoms with van der Waals surface area (Å²) in [5, 5.41) is 0. The van der Waals surface area contributed by atoms with Crippen LogP contribution >= 0.6 is 0 Å². The monoisotopic (exact) mass is 198 g/mol. The molecule has 0 bridgehead atoms. The van der Waals surface area contributed by atoms with Gasteiger partial charge >= 0.3 is 6.03 Å². The summed E-state index contributed by atoms with van der Waals surface area (Å²) >= 11 is 0.